The van der Waals surface area contributed by atoms with Crippen LogP contribution in [0.25, 0.3) is 0 Å². The zero-order chi connectivity index (χ0) is 21.7. The minimum atomic E-state index is -1.26. The number of aromatic carboxylic acids is 1. The zero-order valence-electron chi connectivity index (χ0n) is 15.9. The molecule has 1 aliphatic heterocycles. The molecular weight excluding hydrogens is 454 g/mol. The summed E-state index contributed by atoms with van der Waals surface area (Å²) in [5.41, 5.74) is 6.69. The number of rotatable bonds is 7. The van der Waals surface area contributed by atoms with E-state index < -0.39 is 29.9 Å². The largest absolute Gasteiger partial charge is 0.478 e. The molecule has 3 N–H and O–H groups in total. The maximum absolute atomic E-state index is 13.2. The fourth-order valence-corrected chi connectivity index (χ4v) is 3.57. The minimum Gasteiger partial charge on any atom is -0.478 e. The lowest BCUT2D eigenvalue weighted by Crippen LogP contribution is -2.50. The number of nitrogens with two attached hydrogens (primary N) is 1. The van der Waals surface area contributed by atoms with Crippen LogP contribution in [0.2, 0.25) is 0 Å². The van der Waals surface area contributed by atoms with Crippen LogP contribution < -0.4 is 5.73 Å². The second-order valence-corrected chi connectivity index (χ2v) is 7.72. The molecule has 8 nitrogen and oxygen atoms in total. The van der Waals surface area contributed by atoms with Gasteiger partial charge in [0.2, 0.25) is 5.91 Å². The number of amides is 2. The van der Waals surface area contributed by atoms with E-state index in [0.29, 0.717) is 11.0 Å². The Balaban J connectivity index is 1.87. The van der Waals surface area contributed by atoms with Crippen molar-refractivity contribution < 1.29 is 24.3 Å². The number of carbonyl (C=O) groups excluding carboxylic acids is 2. The van der Waals surface area contributed by atoms with Gasteiger partial charge in [0, 0.05) is 6.42 Å². The molecule has 1 unspecified atom stereocenters. The van der Waals surface area contributed by atoms with E-state index >= 15 is 0 Å². The first-order valence-corrected chi connectivity index (χ1v) is 10.0. The highest BCUT2D eigenvalue weighted by Crippen LogP contribution is 2.19. The van der Waals surface area contributed by atoms with Gasteiger partial charge in [-0.25, -0.2) is 4.79 Å². The summed E-state index contributed by atoms with van der Waals surface area (Å²) >= 11 is 3.23. The number of halogens is 1. The topological polar surface area (TPSA) is 122 Å². The predicted molar refractivity (Wildman–Crippen MR) is 113 cm³/mol. The number of carboxylic acid groups (broad SMARTS) is 1. The molecule has 0 saturated carbocycles. The molecule has 0 aromatic heterocycles. The van der Waals surface area contributed by atoms with Crippen LogP contribution in [-0.2, 0) is 16.1 Å². The van der Waals surface area contributed by atoms with Crippen LogP contribution in [0.3, 0.4) is 0 Å². The molecule has 156 valence electrons. The second-order valence-electron chi connectivity index (χ2n) is 6.80. The van der Waals surface area contributed by atoms with Crippen molar-refractivity contribution in [2.75, 3.05) is 6.54 Å². The molecule has 0 aliphatic carbocycles. The van der Waals surface area contributed by atoms with Crippen molar-refractivity contribution in [3.63, 3.8) is 0 Å². The van der Waals surface area contributed by atoms with Gasteiger partial charge >= 0.3 is 5.97 Å². The quantitative estimate of drug-likeness (QED) is 0.636. The Hall–Kier alpha value is -3.04. The van der Waals surface area contributed by atoms with Gasteiger partial charge in [0.15, 0.2) is 6.10 Å². The maximum Gasteiger partial charge on any atom is 0.336 e. The summed E-state index contributed by atoms with van der Waals surface area (Å²) in [6.45, 7) is -0.104. The molecular formula is C21H20BrN3O5. The number of imide groups is 1. The summed E-state index contributed by atoms with van der Waals surface area (Å²) in [5, 5.41) is 13.2. The molecule has 2 atom stereocenters. The van der Waals surface area contributed by atoms with Gasteiger partial charge in [-0.15, -0.1) is 0 Å². The molecule has 30 heavy (non-hydrogen) atoms. The Morgan fingerprint density at radius 3 is 2.37 bits per heavy atom. The third-order valence-electron chi connectivity index (χ3n) is 4.60. The SMILES string of the molecule is N[C@@H](Cc1ccccc1)C(=O)N(CC1CC(Br)=NO1)C(=O)c1ccccc1C(=O)O. The predicted octanol–water partition coefficient (Wildman–Crippen LogP) is 2.42. The molecule has 0 bridgehead atoms. The van der Waals surface area contributed by atoms with Crippen LogP contribution in [-0.4, -0.2) is 51.1 Å². The van der Waals surface area contributed by atoms with E-state index in [9.17, 15) is 19.5 Å². The zero-order valence-corrected chi connectivity index (χ0v) is 17.5. The van der Waals surface area contributed by atoms with E-state index in [0.717, 1.165) is 10.5 Å². The van der Waals surface area contributed by atoms with E-state index in [-0.39, 0.29) is 24.1 Å². The highest BCUT2D eigenvalue weighted by Gasteiger charge is 2.34. The van der Waals surface area contributed by atoms with Crippen molar-refractivity contribution in [2.45, 2.75) is 25.0 Å². The van der Waals surface area contributed by atoms with Crippen LogP contribution in [0, 0.1) is 0 Å². The first-order chi connectivity index (χ1) is 14.4. The lowest BCUT2D eigenvalue weighted by atomic mass is 10.0. The van der Waals surface area contributed by atoms with E-state index in [1.54, 1.807) is 0 Å². The standard InChI is InChI=1S/C21H20BrN3O5/c22-18-11-14(30-24-18)12-25(19(26)15-8-4-5-9-16(15)21(28)29)20(27)17(23)10-13-6-2-1-3-7-13/h1-9,14,17H,10-12,23H2,(H,28,29)/t14?,17-/m0/s1. The van der Waals surface area contributed by atoms with Crippen molar-refractivity contribution in [3.8, 4) is 0 Å². The highest BCUT2D eigenvalue weighted by molar-refractivity contribution is 9.18. The number of oxime groups is 1. The van der Waals surface area contributed by atoms with Crippen molar-refractivity contribution >= 4 is 38.3 Å². The van der Waals surface area contributed by atoms with Gasteiger partial charge in [-0.2, -0.15) is 0 Å². The molecule has 2 aromatic rings. The Morgan fingerprint density at radius 1 is 1.13 bits per heavy atom. The third-order valence-corrected chi connectivity index (χ3v) is 5.07. The molecule has 1 heterocycles. The summed E-state index contributed by atoms with van der Waals surface area (Å²) in [6.07, 6.45) is 0.0644. The highest BCUT2D eigenvalue weighted by atomic mass is 79.9. The van der Waals surface area contributed by atoms with Gasteiger partial charge in [0.05, 0.1) is 23.7 Å². The second kappa shape index (κ2) is 9.64. The molecule has 3 rings (SSSR count). The molecule has 9 heteroatoms. The average molecular weight is 474 g/mol. The Bertz CT molecular complexity index is 980. The summed E-state index contributed by atoms with van der Waals surface area (Å²) in [4.78, 5) is 44.1. The number of carbonyl (C=O) groups is 3. The average Bonchev–Trinajstić information content (AvgIpc) is 3.16. The van der Waals surface area contributed by atoms with Crippen LogP contribution >= 0.6 is 15.9 Å². The number of nitrogens with zero attached hydrogens (tertiary/aromatic N) is 2. The Kier molecular flexibility index (Phi) is 6.96. The van der Waals surface area contributed by atoms with Crippen LogP contribution in [0.5, 0.6) is 0 Å². The van der Waals surface area contributed by atoms with Gasteiger partial charge in [-0.05, 0) is 40.0 Å². The van der Waals surface area contributed by atoms with Crippen molar-refractivity contribution in [2.24, 2.45) is 10.9 Å². The van der Waals surface area contributed by atoms with E-state index in [1.807, 2.05) is 30.3 Å². The first kappa shape index (κ1) is 21.7. The van der Waals surface area contributed by atoms with Crippen LogP contribution in [0.15, 0.2) is 59.8 Å². The normalized spacial score (nSPS) is 16.3. The van der Waals surface area contributed by atoms with Gasteiger partial charge in [-0.3, -0.25) is 14.5 Å². The van der Waals surface area contributed by atoms with Crippen LogP contribution in [0.1, 0.15) is 32.7 Å². The third kappa shape index (κ3) is 5.11. The van der Waals surface area contributed by atoms with Crippen LogP contribution in [0.4, 0.5) is 0 Å². The molecule has 0 spiro atoms. The number of hydrogen-bond acceptors (Lipinski definition) is 6. The molecule has 2 amide bonds. The molecule has 0 saturated heterocycles. The molecule has 1 aliphatic rings. The van der Waals surface area contributed by atoms with Crippen molar-refractivity contribution in [1.82, 2.24) is 4.90 Å². The summed E-state index contributed by atoms with van der Waals surface area (Å²) in [7, 11) is 0. The van der Waals surface area contributed by atoms with E-state index in [1.165, 1.54) is 24.3 Å². The first-order valence-electron chi connectivity index (χ1n) is 9.22. The number of hydrogen-bond donors (Lipinski definition) is 2. The van der Waals surface area contributed by atoms with Crippen molar-refractivity contribution in [3.05, 3.63) is 71.3 Å². The lowest BCUT2D eigenvalue weighted by Gasteiger charge is -2.26. The van der Waals surface area contributed by atoms with E-state index in [2.05, 4.69) is 21.1 Å². The Morgan fingerprint density at radius 2 is 1.77 bits per heavy atom. The van der Waals surface area contributed by atoms with Gasteiger partial charge in [0.25, 0.3) is 5.91 Å². The van der Waals surface area contributed by atoms with Crippen molar-refractivity contribution in [1.29, 1.82) is 0 Å². The van der Waals surface area contributed by atoms with Gasteiger partial charge < -0.3 is 15.7 Å². The maximum atomic E-state index is 13.2. The fraction of sp³-hybridized carbons (Fsp3) is 0.238. The number of carboxylic acids is 1. The molecule has 0 radical (unpaired) electrons. The summed E-state index contributed by atoms with van der Waals surface area (Å²) < 4.78 is 0.562. The monoisotopic (exact) mass is 473 g/mol. The Labute approximate surface area is 181 Å². The molecule has 2 aromatic carbocycles. The van der Waals surface area contributed by atoms with E-state index in [4.69, 9.17) is 10.6 Å². The smallest absolute Gasteiger partial charge is 0.336 e. The van der Waals surface area contributed by atoms with Gasteiger partial charge in [-0.1, -0.05) is 47.6 Å². The fourth-order valence-electron chi connectivity index (χ4n) is 3.13. The summed E-state index contributed by atoms with van der Waals surface area (Å²) in [5.74, 6) is -2.62. The van der Waals surface area contributed by atoms with Gasteiger partial charge in [0.1, 0.15) is 4.62 Å². The minimum absolute atomic E-state index is 0.0942. The molecule has 0 fully saturated rings. The summed E-state index contributed by atoms with van der Waals surface area (Å²) in [6, 6.07) is 13.9. The number of benzene rings is 2. The lowest BCUT2D eigenvalue weighted by molar-refractivity contribution is -0.131.